The Bertz CT molecular complexity index is 312. The predicted octanol–water partition coefficient (Wildman–Crippen LogP) is 2.20. The van der Waals surface area contributed by atoms with Crippen molar-refractivity contribution in [1.82, 2.24) is 0 Å². The van der Waals surface area contributed by atoms with Crippen LogP contribution in [0.25, 0.3) is 0 Å². The van der Waals surface area contributed by atoms with Gasteiger partial charge in [-0.25, -0.2) is 8.78 Å². The lowest BCUT2D eigenvalue weighted by atomic mass is 10.1. The summed E-state index contributed by atoms with van der Waals surface area (Å²) in [4.78, 5) is 9.95. The van der Waals surface area contributed by atoms with Crippen LogP contribution in [0.2, 0.25) is 0 Å². The molecule has 0 aromatic heterocycles. The van der Waals surface area contributed by atoms with Gasteiger partial charge in [0.15, 0.2) is 0 Å². The minimum absolute atomic E-state index is 0.161. The summed E-state index contributed by atoms with van der Waals surface area (Å²) in [7, 11) is 0. The van der Waals surface area contributed by atoms with Gasteiger partial charge in [0.25, 0.3) is 6.47 Å². The molecule has 0 fully saturated rings. The Morgan fingerprint density at radius 3 is 2.69 bits per heavy atom. The first-order chi connectivity index (χ1) is 6.15. The molecule has 70 valence electrons. The maximum atomic E-state index is 13.0. The van der Waals surface area contributed by atoms with Crippen molar-refractivity contribution in [3.05, 3.63) is 35.4 Å². The van der Waals surface area contributed by atoms with Gasteiger partial charge in [0.1, 0.15) is 17.7 Å². The van der Waals surface area contributed by atoms with Crippen LogP contribution < -0.4 is 0 Å². The quantitative estimate of drug-likeness (QED) is 0.676. The van der Waals surface area contributed by atoms with E-state index in [1.54, 1.807) is 0 Å². The summed E-state index contributed by atoms with van der Waals surface area (Å²) in [5.41, 5.74) is 0.161. The summed E-state index contributed by atoms with van der Waals surface area (Å²) < 4.78 is 29.9. The van der Waals surface area contributed by atoms with E-state index < -0.39 is 17.7 Å². The molecule has 0 bridgehead atoms. The standard InChI is InChI=1S/C9H8F2O2/c1-6(13-5-12)8-3-2-7(10)4-9(8)11/h2-6H,1H3. The van der Waals surface area contributed by atoms with Gasteiger partial charge in [-0.2, -0.15) is 0 Å². The lowest BCUT2D eigenvalue weighted by molar-refractivity contribution is -0.133. The van der Waals surface area contributed by atoms with Crippen molar-refractivity contribution in [2.75, 3.05) is 0 Å². The molecule has 13 heavy (non-hydrogen) atoms. The zero-order chi connectivity index (χ0) is 9.84. The number of benzene rings is 1. The summed E-state index contributed by atoms with van der Waals surface area (Å²) in [6.45, 7) is 1.73. The van der Waals surface area contributed by atoms with Gasteiger partial charge in [0.2, 0.25) is 0 Å². The van der Waals surface area contributed by atoms with Crippen LogP contribution in [0.3, 0.4) is 0 Å². The lowest BCUT2D eigenvalue weighted by Gasteiger charge is -2.10. The molecule has 0 saturated carbocycles. The third kappa shape index (κ3) is 2.24. The van der Waals surface area contributed by atoms with Crippen LogP contribution in [0.5, 0.6) is 0 Å². The number of rotatable bonds is 3. The van der Waals surface area contributed by atoms with Crippen molar-refractivity contribution in [1.29, 1.82) is 0 Å². The number of carbonyl (C=O) groups excluding carboxylic acids is 1. The molecule has 0 aliphatic carbocycles. The largest absolute Gasteiger partial charge is 0.460 e. The number of halogens is 2. The maximum absolute atomic E-state index is 13.0. The molecule has 0 radical (unpaired) electrons. The van der Waals surface area contributed by atoms with E-state index in [9.17, 15) is 13.6 Å². The fourth-order valence-electron chi connectivity index (χ4n) is 0.988. The Hall–Kier alpha value is -1.45. The van der Waals surface area contributed by atoms with E-state index in [1.807, 2.05) is 0 Å². The molecule has 0 N–H and O–H groups in total. The lowest BCUT2D eigenvalue weighted by Crippen LogP contribution is -2.01. The van der Waals surface area contributed by atoms with E-state index in [4.69, 9.17) is 0 Å². The van der Waals surface area contributed by atoms with Crippen molar-refractivity contribution in [2.24, 2.45) is 0 Å². The van der Waals surface area contributed by atoms with Gasteiger partial charge in [-0.1, -0.05) is 0 Å². The van der Waals surface area contributed by atoms with Gasteiger partial charge in [0, 0.05) is 11.6 Å². The van der Waals surface area contributed by atoms with Crippen molar-refractivity contribution in [3.63, 3.8) is 0 Å². The van der Waals surface area contributed by atoms with Crippen molar-refractivity contribution < 1.29 is 18.3 Å². The Morgan fingerprint density at radius 2 is 2.15 bits per heavy atom. The third-order valence-electron chi connectivity index (χ3n) is 1.66. The van der Waals surface area contributed by atoms with Gasteiger partial charge in [-0.05, 0) is 19.1 Å². The van der Waals surface area contributed by atoms with E-state index in [2.05, 4.69) is 4.74 Å². The smallest absolute Gasteiger partial charge is 0.293 e. The molecular formula is C9H8F2O2. The molecule has 0 saturated heterocycles. The van der Waals surface area contributed by atoms with Crippen molar-refractivity contribution in [3.8, 4) is 0 Å². The highest BCUT2D eigenvalue weighted by molar-refractivity contribution is 5.38. The third-order valence-corrected chi connectivity index (χ3v) is 1.66. The first kappa shape index (κ1) is 9.64. The van der Waals surface area contributed by atoms with Gasteiger partial charge in [-0.15, -0.1) is 0 Å². The van der Waals surface area contributed by atoms with Crippen LogP contribution >= 0.6 is 0 Å². The normalized spacial score (nSPS) is 12.2. The summed E-state index contributed by atoms with van der Waals surface area (Å²) in [5.74, 6) is -1.37. The number of carbonyl (C=O) groups is 1. The van der Waals surface area contributed by atoms with Gasteiger partial charge < -0.3 is 4.74 Å². The fourth-order valence-corrected chi connectivity index (χ4v) is 0.988. The number of ether oxygens (including phenoxy) is 1. The van der Waals surface area contributed by atoms with Crippen molar-refractivity contribution >= 4 is 6.47 Å². The zero-order valence-corrected chi connectivity index (χ0v) is 6.96. The Kier molecular flexibility index (Phi) is 2.95. The molecule has 0 amide bonds. The Morgan fingerprint density at radius 1 is 1.46 bits per heavy atom. The molecular weight excluding hydrogens is 178 g/mol. The van der Waals surface area contributed by atoms with E-state index in [0.717, 1.165) is 12.1 Å². The minimum atomic E-state index is -0.714. The van der Waals surface area contributed by atoms with Gasteiger partial charge in [-0.3, -0.25) is 4.79 Å². The summed E-state index contributed by atoms with van der Waals surface area (Å²) in [6.07, 6.45) is -0.696. The molecule has 1 rings (SSSR count). The zero-order valence-electron chi connectivity index (χ0n) is 6.96. The van der Waals surface area contributed by atoms with E-state index >= 15 is 0 Å². The van der Waals surface area contributed by atoms with Crippen LogP contribution in [0.15, 0.2) is 18.2 Å². The van der Waals surface area contributed by atoms with Crippen LogP contribution in [0.1, 0.15) is 18.6 Å². The number of hydrogen-bond donors (Lipinski definition) is 0. The van der Waals surface area contributed by atoms with Gasteiger partial charge in [0.05, 0.1) is 0 Å². The summed E-state index contributed by atoms with van der Waals surface area (Å²) in [6, 6.07) is 3.11. The molecule has 1 atom stereocenters. The maximum Gasteiger partial charge on any atom is 0.293 e. The summed E-state index contributed by atoms with van der Waals surface area (Å²) >= 11 is 0. The second-order valence-electron chi connectivity index (χ2n) is 2.54. The van der Waals surface area contributed by atoms with Crippen LogP contribution in [0.4, 0.5) is 8.78 Å². The van der Waals surface area contributed by atoms with E-state index in [-0.39, 0.29) is 12.0 Å². The van der Waals surface area contributed by atoms with Crippen molar-refractivity contribution in [2.45, 2.75) is 13.0 Å². The molecule has 0 spiro atoms. The molecule has 0 aliphatic heterocycles. The average Bonchev–Trinajstić information content (AvgIpc) is 2.04. The van der Waals surface area contributed by atoms with Crippen LogP contribution in [-0.2, 0) is 9.53 Å². The minimum Gasteiger partial charge on any atom is -0.460 e. The SMILES string of the molecule is CC(OC=O)c1ccc(F)cc1F. The molecule has 2 nitrogen and oxygen atoms in total. The summed E-state index contributed by atoms with van der Waals surface area (Å²) in [5, 5.41) is 0. The monoisotopic (exact) mass is 186 g/mol. The van der Waals surface area contributed by atoms with Crippen LogP contribution in [-0.4, -0.2) is 6.47 Å². The highest BCUT2D eigenvalue weighted by Crippen LogP contribution is 2.19. The predicted molar refractivity (Wildman–Crippen MR) is 41.9 cm³/mol. The molecule has 1 aromatic carbocycles. The average molecular weight is 186 g/mol. The highest BCUT2D eigenvalue weighted by atomic mass is 19.1. The Balaban J connectivity index is 2.94. The highest BCUT2D eigenvalue weighted by Gasteiger charge is 2.11. The second kappa shape index (κ2) is 3.98. The van der Waals surface area contributed by atoms with E-state index in [1.165, 1.54) is 13.0 Å². The van der Waals surface area contributed by atoms with Gasteiger partial charge >= 0.3 is 0 Å². The first-order valence-corrected chi connectivity index (χ1v) is 3.69. The van der Waals surface area contributed by atoms with E-state index in [0.29, 0.717) is 0 Å². The molecule has 0 heterocycles. The topological polar surface area (TPSA) is 26.3 Å². The Labute approximate surface area is 74.1 Å². The molecule has 4 heteroatoms. The second-order valence-corrected chi connectivity index (χ2v) is 2.54. The fraction of sp³-hybridized carbons (Fsp3) is 0.222. The number of hydrogen-bond acceptors (Lipinski definition) is 2. The first-order valence-electron chi connectivity index (χ1n) is 3.69. The molecule has 1 unspecified atom stereocenters. The van der Waals surface area contributed by atoms with Crippen LogP contribution in [0, 0.1) is 11.6 Å². The molecule has 0 aliphatic rings. The molecule has 1 aromatic rings.